The number of aromatic nitrogens is 5. The Kier molecular flexibility index (Phi) is 4.60. The maximum Gasteiger partial charge on any atom is 0.247 e. The average molecular weight is 322 g/mol. The van der Waals surface area contributed by atoms with Gasteiger partial charge in [-0.1, -0.05) is 36.4 Å². The maximum absolute atomic E-state index is 12.4. The van der Waals surface area contributed by atoms with Crippen LogP contribution in [0.5, 0.6) is 0 Å². The number of benzene rings is 1. The second kappa shape index (κ2) is 6.99. The van der Waals surface area contributed by atoms with E-state index in [4.69, 9.17) is 0 Å². The maximum atomic E-state index is 12.4. The Hall–Kier alpha value is -3.09. The van der Waals surface area contributed by atoms with Gasteiger partial charge in [0.05, 0.1) is 11.7 Å². The second-order valence-corrected chi connectivity index (χ2v) is 5.46. The quantitative estimate of drug-likeness (QED) is 0.778. The molecule has 0 aliphatic carbocycles. The van der Waals surface area contributed by atoms with Crippen molar-refractivity contribution in [1.29, 1.82) is 0 Å². The fourth-order valence-electron chi connectivity index (χ4n) is 2.24. The van der Waals surface area contributed by atoms with Gasteiger partial charge in [-0.15, -0.1) is 10.2 Å². The second-order valence-electron chi connectivity index (χ2n) is 5.46. The summed E-state index contributed by atoms with van der Waals surface area (Å²) in [6.07, 6.45) is 1.70. The molecule has 0 saturated heterocycles. The first-order chi connectivity index (χ1) is 11.6. The summed E-state index contributed by atoms with van der Waals surface area (Å²) in [5, 5.41) is 15.2. The van der Waals surface area contributed by atoms with Gasteiger partial charge in [-0.25, -0.2) is 0 Å². The third kappa shape index (κ3) is 3.45. The number of pyridine rings is 1. The van der Waals surface area contributed by atoms with E-state index in [1.807, 2.05) is 55.5 Å². The van der Waals surface area contributed by atoms with E-state index in [0.717, 1.165) is 11.3 Å². The molecule has 0 aliphatic heterocycles. The van der Waals surface area contributed by atoms with Crippen LogP contribution in [-0.4, -0.2) is 31.1 Å². The monoisotopic (exact) mass is 322 g/mol. The summed E-state index contributed by atoms with van der Waals surface area (Å²) < 4.78 is 0. The Morgan fingerprint density at radius 1 is 1.08 bits per heavy atom. The summed E-state index contributed by atoms with van der Waals surface area (Å²) in [6.45, 7) is 3.62. The van der Waals surface area contributed by atoms with Crippen molar-refractivity contribution >= 4 is 5.91 Å². The molecule has 2 heterocycles. The van der Waals surface area contributed by atoms with E-state index in [1.54, 1.807) is 13.1 Å². The summed E-state index contributed by atoms with van der Waals surface area (Å²) in [5.74, 6) is 0.304. The molecule has 1 N–H and O–H groups in total. The fourth-order valence-corrected chi connectivity index (χ4v) is 2.24. The molecule has 0 radical (unpaired) electrons. The molecule has 0 fully saturated rings. The normalized spacial score (nSPS) is 13.2. The van der Waals surface area contributed by atoms with E-state index in [0.29, 0.717) is 5.82 Å². The summed E-state index contributed by atoms with van der Waals surface area (Å²) in [4.78, 5) is 18.0. The summed E-state index contributed by atoms with van der Waals surface area (Å²) in [5.41, 5.74) is 1.66. The lowest BCUT2D eigenvalue weighted by atomic mass is 10.2. The Morgan fingerprint density at radius 3 is 2.54 bits per heavy atom. The van der Waals surface area contributed by atoms with Gasteiger partial charge in [-0.3, -0.25) is 9.78 Å². The molecule has 1 amide bonds. The van der Waals surface area contributed by atoms with Crippen LogP contribution < -0.4 is 5.32 Å². The number of carbonyl (C=O) groups is 1. The molecule has 2 atom stereocenters. The first kappa shape index (κ1) is 15.8. The zero-order valence-corrected chi connectivity index (χ0v) is 13.5. The van der Waals surface area contributed by atoms with Crippen molar-refractivity contribution in [2.75, 3.05) is 0 Å². The minimum absolute atomic E-state index is 0.190. The van der Waals surface area contributed by atoms with Crippen LogP contribution >= 0.6 is 0 Å². The minimum Gasteiger partial charge on any atom is -0.346 e. The fraction of sp³-hybridized carbons (Fsp3) is 0.235. The van der Waals surface area contributed by atoms with Gasteiger partial charge in [0.15, 0.2) is 0 Å². The van der Waals surface area contributed by atoms with Crippen LogP contribution in [0.3, 0.4) is 0 Å². The molecule has 7 nitrogen and oxygen atoms in total. The predicted molar refractivity (Wildman–Crippen MR) is 88.8 cm³/mol. The lowest BCUT2D eigenvalue weighted by Crippen LogP contribution is -2.34. The molecule has 2 aromatic heterocycles. The van der Waals surface area contributed by atoms with Gasteiger partial charge in [0.1, 0.15) is 6.04 Å². The molecule has 24 heavy (non-hydrogen) atoms. The van der Waals surface area contributed by atoms with E-state index in [1.165, 1.54) is 4.80 Å². The summed E-state index contributed by atoms with van der Waals surface area (Å²) in [7, 11) is 0. The number of amides is 1. The van der Waals surface area contributed by atoms with Crippen LogP contribution in [0.15, 0.2) is 54.7 Å². The first-order valence-corrected chi connectivity index (χ1v) is 7.71. The zero-order chi connectivity index (χ0) is 16.9. The Morgan fingerprint density at radius 2 is 1.83 bits per heavy atom. The number of nitrogens with zero attached hydrogens (tertiary/aromatic N) is 5. The number of hydrogen-bond donors (Lipinski definition) is 1. The highest BCUT2D eigenvalue weighted by molar-refractivity contribution is 5.80. The largest absolute Gasteiger partial charge is 0.346 e. The molecule has 3 aromatic rings. The van der Waals surface area contributed by atoms with Gasteiger partial charge in [0, 0.05) is 11.8 Å². The molecule has 7 heteroatoms. The Balaban J connectivity index is 1.69. The highest BCUT2D eigenvalue weighted by Crippen LogP contribution is 2.14. The average Bonchev–Trinajstić information content (AvgIpc) is 3.12. The third-order valence-corrected chi connectivity index (χ3v) is 3.68. The van der Waals surface area contributed by atoms with Crippen LogP contribution in [0.2, 0.25) is 0 Å². The van der Waals surface area contributed by atoms with Crippen molar-refractivity contribution in [3.8, 4) is 11.4 Å². The SMILES string of the molecule is C[C@H](NC(=O)[C@H](C)n1nnc(-c2ccccc2)n1)c1ccccn1. The molecular weight excluding hydrogens is 304 g/mol. The first-order valence-electron chi connectivity index (χ1n) is 7.71. The van der Waals surface area contributed by atoms with Crippen LogP contribution in [-0.2, 0) is 4.79 Å². The summed E-state index contributed by atoms with van der Waals surface area (Å²) in [6, 6.07) is 14.4. The van der Waals surface area contributed by atoms with Crippen LogP contribution in [0.4, 0.5) is 0 Å². The van der Waals surface area contributed by atoms with Crippen molar-refractivity contribution in [3.05, 3.63) is 60.4 Å². The number of nitrogens with one attached hydrogen (secondary N) is 1. The molecule has 3 rings (SSSR count). The van der Waals surface area contributed by atoms with E-state index in [9.17, 15) is 4.79 Å². The molecule has 0 saturated carbocycles. The lowest BCUT2D eigenvalue weighted by Gasteiger charge is -2.16. The van der Waals surface area contributed by atoms with Crippen molar-refractivity contribution in [2.45, 2.75) is 25.9 Å². The van der Waals surface area contributed by atoms with Gasteiger partial charge in [-0.05, 0) is 31.2 Å². The third-order valence-electron chi connectivity index (χ3n) is 3.68. The van der Waals surface area contributed by atoms with Crippen molar-refractivity contribution in [3.63, 3.8) is 0 Å². The van der Waals surface area contributed by atoms with Gasteiger partial charge >= 0.3 is 0 Å². The van der Waals surface area contributed by atoms with Crippen molar-refractivity contribution < 1.29 is 4.79 Å². The molecule has 0 aliphatic rings. The van der Waals surface area contributed by atoms with Gasteiger partial charge in [0.2, 0.25) is 11.7 Å². The minimum atomic E-state index is -0.568. The highest BCUT2D eigenvalue weighted by Gasteiger charge is 2.21. The molecule has 0 bridgehead atoms. The number of rotatable bonds is 5. The molecular formula is C17H18N6O. The molecule has 0 spiro atoms. The standard InChI is InChI=1S/C17H18N6O/c1-12(15-10-6-7-11-18-15)19-17(24)13(2)23-21-16(20-22-23)14-8-4-3-5-9-14/h3-13H,1-2H3,(H,19,24)/t12-,13-/m0/s1. The van der Waals surface area contributed by atoms with E-state index in [2.05, 4.69) is 25.7 Å². The Bertz CT molecular complexity index is 802. The number of carbonyl (C=O) groups excluding carboxylic acids is 1. The van der Waals surface area contributed by atoms with Crippen LogP contribution in [0.25, 0.3) is 11.4 Å². The van der Waals surface area contributed by atoms with Gasteiger partial charge < -0.3 is 5.32 Å². The van der Waals surface area contributed by atoms with E-state index in [-0.39, 0.29) is 11.9 Å². The topological polar surface area (TPSA) is 85.6 Å². The summed E-state index contributed by atoms with van der Waals surface area (Å²) >= 11 is 0. The molecule has 1 aromatic carbocycles. The number of hydrogen-bond acceptors (Lipinski definition) is 5. The van der Waals surface area contributed by atoms with E-state index < -0.39 is 6.04 Å². The van der Waals surface area contributed by atoms with Crippen molar-refractivity contribution in [1.82, 2.24) is 30.5 Å². The van der Waals surface area contributed by atoms with Crippen LogP contribution in [0, 0.1) is 0 Å². The number of tetrazole rings is 1. The van der Waals surface area contributed by atoms with Gasteiger partial charge in [0.25, 0.3) is 0 Å². The lowest BCUT2D eigenvalue weighted by molar-refractivity contribution is -0.125. The van der Waals surface area contributed by atoms with Crippen LogP contribution in [0.1, 0.15) is 31.6 Å². The molecule has 122 valence electrons. The predicted octanol–water partition coefficient (Wildman–Crippen LogP) is 2.17. The zero-order valence-electron chi connectivity index (χ0n) is 13.5. The van der Waals surface area contributed by atoms with E-state index >= 15 is 0 Å². The Labute approximate surface area is 139 Å². The smallest absolute Gasteiger partial charge is 0.247 e. The van der Waals surface area contributed by atoms with Crippen molar-refractivity contribution in [2.24, 2.45) is 0 Å². The molecule has 0 unspecified atom stereocenters. The highest BCUT2D eigenvalue weighted by atomic mass is 16.2. The van der Waals surface area contributed by atoms with Gasteiger partial charge in [-0.2, -0.15) is 4.80 Å².